The molecule has 1 aliphatic rings. The van der Waals surface area contributed by atoms with E-state index in [1.807, 2.05) is 18.2 Å². The highest BCUT2D eigenvalue weighted by Crippen LogP contribution is 2.29. The molecule has 1 heterocycles. The van der Waals surface area contributed by atoms with E-state index in [1.165, 1.54) is 6.07 Å². The fraction of sp³-hybridized carbons (Fsp3) is 0.278. The lowest BCUT2D eigenvalue weighted by Crippen LogP contribution is -2.36. The van der Waals surface area contributed by atoms with Crippen molar-refractivity contribution in [2.75, 3.05) is 36.5 Å². The van der Waals surface area contributed by atoms with Crippen LogP contribution in [0.25, 0.3) is 0 Å². The first kappa shape index (κ1) is 16.9. The summed E-state index contributed by atoms with van der Waals surface area (Å²) in [5.74, 6) is -0.490. The Labute approximate surface area is 145 Å². The number of nitro groups is 1. The van der Waals surface area contributed by atoms with Crippen molar-refractivity contribution in [2.24, 2.45) is 0 Å². The summed E-state index contributed by atoms with van der Waals surface area (Å²) in [6, 6.07) is 12.2. The van der Waals surface area contributed by atoms with Gasteiger partial charge in [0.15, 0.2) is 0 Å². The number of para-hydroxylation sites is 3. The number of carbonyl (C=O) groups excluding carboxylic acids is 1. The molecule has 0 bridgehead atoms. The van der Waals surface area contributed by atoms with E-state index in [-0.39, 0.29) is 11.3 Å². The van der Waals surface area contributed by atoms with Crippen LogP contribution in [0.5, 0.6) is 0 Å². The minimum atomic E-state index is -0.516. The van der Waals surface area contributed by atoms with Crippen LogP contribution in [-0.2, 0) is 4.74 Å². The second kappa shape index (κ2) is 7.31. The van der Waals surface area contributed by atoms with E-state index in [4.69, 9.17) is 4.74 Å². The third-order valence-electron chi connectivity index (χ3n) is 4.17. The molecule has 0 radical (unpaired) electrons. The molecule has 1 fully saturated rings. The van der Waals surface area contributed by atoms with Gasteiger partial charge in [-0.3, -0.25) is 14.9 Å². The number of amides is 1. The van der Waals surface area contributed by atoms with Crippen molar-refractivity contribution >= 4 is 23.0 Å². The summed E-state index contributed by atoms with van der Waals surface area (Å²) in [5, 5.41) is 14.1. The lowest BCUT2D eigenvalue weighted by Gasteiger charge is -2.30. The number of morpholine rings is 1. The average Bonchev–Trinajstić information content (AvgIpc) is 2.62. The maximum Gasteiger partial charge on any atom is 0.285 e. The van der Waals surface area contributed by atoms with Crippen molar-refractivity contribution in [3.05, 3.63) is 63.7 Å². The molecule has 1 amide bonds. The number of nitro benzene ring substituents is 1. The van der Waals surface area contributed by atoms with E-state index in [0.717, 1.165) is 18.8 Å². The van der Waals surface area contributed by atoms with Crippen molar-refractivity contribution in [1.29, 1.82) is 0 Å². The number of nitrogens with zero attached hydrogens (tertiary/aromatic N) is 2. The minimum Gasteiger partial charge on any atom is -0.378 e. The van der Waals surface area contributed by atoms with Crippen LogP contribution in [0.3, 0.4) is 0 Å². The lowest BCUT2D eigenvalue weighted by molar-refractivity contribution is -0.385. The first-order valence-corrected chi connectivity index (χ1v) is 8.05. The van der Waals surface area contributed by atoms with E-state index in [1.54, 1.807) is 25.1 Å². The SMILES string of the molecule is Cc1cccc(C(=O)Nc2ccccc2N2CCOCC2)c1[N+](=O)[O-]. The smallest absolute Gasteiger partial charge is 0.285 e. The van der Waals surface area contributed by atoms with Gasteiger partial charge in [0.2, 0.25) is 0 Å². The number of hydrogen-bond donors (Lipinski definition) is 1. The quantitative estimate of drug-likeness (QED) is 0.682. The van der Waals surface area contributed by atoms with E-state index < -0.39 is 10.8 Å². The number of carbonyl (C=O) groups is 1. The molecule has 0 atom stereocenters. The zero-order valence-electron chi connectivity index (χ0n) is 13.9. The second-order valence-electron chi connectivity index (χ2n) is 5.80. The molecular formula is C18H19N3O4. The number of aryl methyl sites for hydroxylation is 1. The number of hydrogen-bond acceptors (Lipinski definition) is 5. The Bertz CT molecular complexity index is 801. The van der Waals surface area contributed by atoms with Crippen molar-refractivity contribution in [3.63, 3.8) is 0 Å². The second-order valence-corrected chi connectivity index (χ2v) is 5.80. The van der Waals surface area contributed by atoms with Gasteiger partial charge in [0.05, 0.1) is 29.5 Å². The maximum absolute atomic E-state index is 12.7. The molecule has 2 aromatic carbocycles. The Morgan fingerprint density at radius 2 is 1.88 bits per heavy atom. The zero-order chi connectivity index (χ0) is 17.8. The predicted molar refractivity (Wildman–Crippen MR) is 95.3 cm³/mol. The number of anilines is 2. The Morgan fingerprint density at radius 3 is 2.60 bits per heavy atom. The van der Waals surface area contributed by atoms with Crippen LogP contribution in [-0.4, -0.2) is 37.1 Å². The van der Waals surface area contributed by atoms with Crippen molar-refractivity contribution < 1.29 is 14.5 Å². The number of ether oxygens (including phenoxy) is 1. The standard InChI is InChI=1S/C18H19N3O4/c1-13-5-4-6-14(17(13)21(23)24)18(22)19-15-7-2-3-8-16(15)20-9-11-25-12-10-20/h2-8H,9-12H2,1H3,(H,19,22). The van der Waals surface area contributed by atoms with Gasteiger partial charge >= 0.3 is 0 Å². The van der Waals surface area contributed by atoms with Gasteiger partial charge in [0.25, 0.3) is 11.6 Å². The number of benzene rings is 2. The first-order chi connectivity index (χ1) is 12.1. The van der Waals surface area contributed by atoms with E-state index in [0.29, 0.717) is 24.5 Å². The molecule has 0 aliphatic carbocycles. The van der Waals surface area contributed by atoms with Gasteiger partial charge in [0, 0.05) is 18.7 Å². The van der Waals surface area contributed by atoms with Crippen LogP contribution in [0.2, 0.25) is 0 Å². The van der Waals surface area contributed by atoms with E-state index in [2.05, 4.69) is 10.2 Å². The monoisotopic (exact) mass is 341 g/mol. The predicted octanol–water partition coefficient (Wildman–Crippen LogP) is 2.99. The molecule has 3 rings (SSSR count). The maximum atomic E-state index is 12.7. The van der Waals surface area contributed by atoms with E-state index in [9.17, 15) is 14.9 Å². The summed E-state index contributed by atoms with van der Waals surface area (Å²) in [6.07, 6.45) is 0. The fourth-order valence-electron chi connectivity index (χ4n) is 2.93. The largest absolute Gasteiger partial charge is 0.378 e. The zero-order valence-corrected chi connectivity index (χ0v) is 13.9. The average molecular weight is 341 g/mol. The number of nitrogens with one attached hydrogen (secondary N) is 1. The van der Waals surface area contributed by atoms with Gasteiger partial charge in [-0.2, -0.15) is 0 Å². The Morgan fingerprint density at radius 1 is 1.16 bits per heavy atom. The van der Waals surface area contributed by atoms with E-state index >= 15 is 0 Å². The summed E-state index contributed by atoms with van der Waals surface area (Å²) in [4.78, 5) is 25.6. The summed E-state index contributed by atoms with van der Waals surface area (Å²) >= 11 is 0. The van der Waals surface area contributed by atoms with Crippen LogP contribution >= 0.6 is 0 Å². The highest BCUT2D eigenvalue weighted by Gasteiger charge is 2.23. The van der Waals surface area contributed by atoms with Crippen LogP contribution < -0.4 is 10.2 Å². The molecule has 0 aromatic heterocycles. The topological polar surface area (TPSA) is 84.7 Å². The Kier molecular flexibility index (Phi) is 4.95. The van der Waals surface area contributed by atoms with Crippen LogP contribution in [0.1, 0.15) is 15.9 Å². The molecule has 1 N–H and O–H groups in total. The Hall–Kier alpha value is -2.93. The van der Waals surface area contributed by atoms with Crippen LogP contribution in [0.4, 0.5) is 17.1 Å². The first-order valence-electron chi connectivity index (χ1n) is 8.05. The van der Waals surface area contributed by atoms with Crippen molar-refractivity contribution in [2.45, 2.75) is 6.92 Å². The molecule has 1 aliphatic heterocycles. The Balaban J connectivity index is 1.90. The summed E-state index contributed by atoms with van der Waals surface area (Å²) in [7, 11) is 0. The molecule has 0 saturated carbocycles. The molecule has 7 heteroatoms. The van der Waals surface area contributed by atoms with Gasteiger partial charge in [-0.05, 0) is 25.1 Å². The molecule has 0 unspecified atom stereocenters. The molecular weight excluding hydrogens is 322 g/mol. The van der Waals surface area contributed by atoms with Gasteiger partial charge < -0.3 is 15.0 Å². The molecule has 2 aromatic rings. The normalized spacial score (nSPS) is 14.2. The van der Waals surface area contributed by atoms with Gasteiger partial charge in [-0.25, -0.2) is 0 Å². The molecule has 7 nitrogen and oxygen atoms in total. The van der Waals surface area contributed by atoms with Crippen molar-refractivity contribution in [1.82, 2.24) is 0 Å². The molecule has 130 valence electrons. The third-order valence-corrected chi connectivity index (χ3v) is 4.17. The van der Waals surface area contributed by atoms with Gasteiger partial charge in [-0.15, -0.1) is 0 Å². The molecule has 25 heavy (non-hydrogen) atoms. The highest BCUT2D eigenvalue weighted by atomic mass is 16.6. The minimum absolute atomic E-state index is 0.0572. The third kappa shape index (κ3) is 3.61. The molecule has 0 spiro atoms. The number of rotatable bonds is 4. The fourth-order valence-corrected chi connectivity index (χ4v) is 2.93. The summed E-state index contributed by atoms with van der Waals surface area (Å²) in [5.41, 5.74) is 1.87. The molecule has 1 saturated heterocycles. The van der Waals surface area contributed by atoms with Gasteiger partial charge in [0.1, 0.15) is 5.56 Å². The summed E-state index contributed by atoms with van der Waals surface area (Å²) in [6.45, 7) is 4.35. The van der Waals surface area contributed by atoms with Crippen molar-refractivity contribution in [3.8, 4) is 0 Å². The van der Waals surface area contributed by atoms with Crippen LogP contribution in [0, 0.1) is 17.0 Å². The van der Waals surface area contributed by atoms with Gasteiger partial charge in [-0.1, -0.05) is 24.3 Å². The lowest BCUT2D eigenvalue weighted by atomic mass is 10.1. The summed E-state index contributed by atoms with van der Waals surface area (Å²) < 4.78 is 5.36. The van der Waals surface area contributed by atoms with Crippen LogP contribution in [0.15, 0.2) is 42.5 Å². The highest BCUT2D eigenvalue weighted by molar-refractivity contribution is 6.08.